The Morgan fingerprint density at radius 3 is 2.77 bits per heavy atom. The third-order valence-corrected chi connectivity index (χ3v) is 1.60. The maximum atomic E-state index is 10.5. The fourth-order valence-corrected chi connectivity index (χ4v) is 0.913. The van der Waals surface area contributed by atoms with E-state index in [2.05, 4.69) is 5.32 Å². The highest BCUT2D eigenvalue weighted by Crippen LogP contribution is 2.02. The van der Waals surface area contributed by atoms with Gasteiger partial charge in [-0.2, -0.15) is 5.26 Å². The maximum absolute atomic E-state index is 10.5. The smallest absolute Gasteiger partial charge is 0.326 e. The van der Waals surface area contributed by atoms with Gasteiger partial charge < -0.3 is 10.4 Å². The summed E-state index contributed by atoms with van der Waals surface area (Å²) in [5.41, 5.74) is 0. The molecule has 72 valence electrons. The van der Waals surface area contributed by atoms with Crippen LogP contribution >= 0.6 is 0 Å². The monoisotopic (exact) mass is 184 g/mol. The van der Waals surface area contributed by atoms with Gasteiger partial charge in [0.25, 0.3) is 0 Å². The highest BCUT2D eigenvalue weighted by Gasteiger charge is 2.14. The van der Waals surface area contributed by atoms with Crippen LogP contribution in [0.3, 0.4) is 0 Å². The van der Waals surface area contributed by atoms with Gasteiger partial charge in [-0.05, 0) is 19.3 Å². The van der Waals surface area contributed by atoms with E-state index in [1.165, 1.54) is 0 Å². The molecule has 2 N–H and O–H groups in total. The van der Waals surface area contributed by atoms with E-state index >= 15 is 0 Å². The lowest BCUT2D eigenvalue weighted by Crippen LogP contribution is -2.35. The highest BCUT2D eigenvalue weighted by molar-refractivity contribution is 5.76. The van der Waals surface area contributed by atoms with Crippen LogP contribution in [0.1, 0.15) is 25.7 Å². The van der Waals surface area contributed by atoms with Crippen molar-refractivity contribution in [2.75, 3.05) is 0 Å². The molecular formula is C8H12N2O3. The molecule has 0 saturated heterocycles. The Kier molecular flexibility index (Phi) is 6.24. The molecule has 1 unspecified atom stereocenters. The molecule has 0 heterocycles. The maximum Gasteiger partial charge on any atom is 0.326 e. The quantitative estimate of drug-likeness (QED) is 0.439. The second-order valence-electron chi connectivity index (χ2n) is 2.58. The van der Waals surface area contributed by atoms with Crippen LogP contribution in [0.15, 0.2) is 0 Å². The van der Waals surface area contributed by atoms with Gasteiger partial charge in [-0.15, -0.1) is 0 Å². The molecule has 0 saturated carbocycles. The zero-order chi connectivity index (χ0) is 10.1. The predicted octanol–water partition coefficient (Wildman–Crippen LogP) is 0.270. The molecular weight excluding hydrogens is 172 g/mol. The number of hydrogen-bond acceptors (Lipinski definition) is 3. The molecule has 13 heavy (non-hydrogen) atoms. The molecule has 0 radical (unpaired) electrons. The first-order valence-electron chi connectivity index (χ1n) is 4.01. The van der Waals surface area contributed by atoms with Crippen LogP contribution in [0, 0.1) is 11.3 Å². The van der Waals surface area contributed by atoms with Gasteiger partial charge in [0.2, 0.25) is 6.41 Å². The summed E-state index contributed by atoms with van der Waals surface area (Å²) in [4.78, 5) is 20.4. The summed E-state index contributed by atoms with van der Waals surface area (Å²) in [6.45, 7) is 0. The van der Waals surface area contributed by atoms with Crippen molar-refractivity contribution in [2.45, 2.75) is 31.7 Å². The van der Waals surface area contributed by atoms with Crippen molar-refractivity contribution in [1.82, 2.24) is 5.32 Å². The van der Waals surface area contributed by atoms with Crippen LogP contribution in [-0.2, 0) is 9.59 Å². The van der Waals surface area contributed by atoms with Gasteiger partial charge in [-0.3, -0.25) is 4.79 Å². The van der Waals surface area contributed by atoms with Crippen LogP contribution in [0.5, 0.6) is 0 Å². The summed E-state index contributed by atoms with van der Waals surface area (Å²) in [5, 5.41) is 19.0. The molecule has 1 atom stereocenters. The molecule has 0 aliphatic carbocycles. The van der Waals surface area contributed by atoms with Gasteiger partial charge in [0.1, 0.15) is 6.04 Å². The average Bonchev–Trinajstić information content (AvgIpc) is 2.10. The standard InChI is InChI=1S/C8H12N2O3/c9-5-3-1-2-4-7(8(12)13)10-6-11/h6-7H,1-4H2,(H,10,11)(H,12,13). The van der Waals surface area contributed by atoms with Gasteiger partial charge in [-0.1, -0.05) is 0 Å². The van der Waals surface area contributed by atoms with E-state index in [0.717, 1.165) is 0 Å². The largest absolute Gasteiger partial charge is 0.480 e. The minimum Gasteiger partial charge on any atom is -0.480 e. The van der Waals surface area contributed by atoms with Crippen molar-refractivity contribution in [3.63, 3.8) is 0 Å². The fraction of sp³-hybridized carbons (Fsp3) is 0.625. The van der Waals surface area contributed by atoms with Crippen LogP contribution in [0.4, 0.5) is 0 Å². The number of carboxylic acids is 1. The van der Waals surface area contributed by atoms with E-state index in [0.29, 0.717) is 32.1 Å². The molecule has 0 aliphatic heterocycles. The van der Waals surface area contributed by atoms with Gasteiger partial charge in [-0.25, -0.2) is 4.79 Å². The summed E-state index contributed by atoms with van der Waals surface area (Å²) in [6.07, 6.45) is 2.47. The number of nitrogens with zero attached hydrogens (tertiary/aromatic N) is 1. The summed E-state index contributed by atoms with van der Waals surface area (Å²) < 4.78 is 0. The third-order valence-electron chi connectivity index (χ3n) is 1.60. The molecule has 0 aromatic heterocycles. The fourth-order valence-electron chi connectivity index (χ4n) is 0.913. The first-order valence-corrected chi connectivity index (χ1v) is 4.01. The number of amides is 1. The molecule has 0 fully saturated rings. The Bertz CT molecular complexity index is 210. The van der Waals surface area contributed by atoms with Crippen LogP contribution in [-0.4, -0.2) is 23.5 Å². The first-order chi connectivity index (χ1) is 6.22. The Hall–Kier alpha value is -1.57. The van der Waals surface area contributed by atoms with Crippen molar-refractivity contribution >= 4 is 12.4 Å². The molecule has 0 spiro atoms. The molecule has 0 aromatic carbocycles. The SMILES string of the molecule is N#CCCCCC(NC=O)C(=O)O. The summed E-state index contributed by atoms with van der Waals surface area (Å²) in [7, 11) is 0. The van der Waals surface area contributed by atoms with Gasteiger partial charge in [0.15, 0.2) is 0 Å². The number of hydrogen-bond donors (Lipinski definition) is 2. The highest BCUT2D eigenvalue weighted by atomic mass is 16.4. The van der Waals surface area contributed by atoms with Crippen molar-refractivity contribution in [3.8, 4) is 6.07 Å². The molecule has 0 aliphatic rings. The lowest BCUT2D eigenvalue weighted by molar-refractivity contribution is -0.140. The zero-order valence-corrected chi connectivity index (χ0v) is 7.19. The molecule has 0 rings (SSSR count). The van der Waals surface area contributed by atoms with Crippen molar-refractivity contribution in [2.24, 2.45) is 0 Å². The first kappa shape index (κ1) is 11.4. The molecule has 5 nitrogen and oxygen atoms in total. The predicted molar refractivity (Wildman–Crippen MR) is 44.7 cm³/mol. The van der Waals surface area contributed by atoms with Crippen molar-refractivity contribution < 1.29 is 14.7 Å². The molecule has 0 bridgehead atoms. The topological polar surface area (TPSA) is 90.2 Å². The third kappa shape index (κ3) is 5.67. The normalized spacial score (nSPS) is 11.3. The minimum absolute atomic E-state index is 0.371. The number of unbranched alkanes of at least 4 members (excludes halogenated alkanes) is 2. The van der Waals surface area contributed by atoms with Crippen molar-refractivity contribution in [1.29, 1.82) is 5.26 Å². The van der Waals surface area contributed by atoms with E-state index in [9.17, 15) is 9.59 Å². The lowest BCUT2D eigenvalue weighted by Gasteiger charge is -2.09. The number of nitriles is 1. The Balaban J connectivity index is 3.64. The summed E-state index contributed by atoms with van der Waals surface area (Å²) in [6, 6.07) is 1.14. The van der Waals surface area contributed by atoms with E-state index in [4.69, 9.17) is 10.4 Å². The number of carboxylic acid groups (broad SMARTS) is 1. The zero-order valence-electron chi connectivity index (χ0n) is 7.19. The van der Waals surface area contributed by atoms with E-state index < -0.39 is 12.0 Å². The van der Waals surface area contributed by atoms with Crippen LogP contribution in [0.25, 0.3) is 0 Å². The Labute approximate surface area is 76.4 Å². The van der Waals surface area contributed by atoms with Gasteiger partial charge >= 0.3 is 5.97 Å². The number of carbonyl (C=O) groups excluding carboxylic acids is 1. The molecule has 0 aromatic rings. The number of aliphatic carboxylic acids is 1. The Morgan fingerprint density at radius 1 is 1.62 bits per heavy atom. The Morgan fingerprint density at radius 2 is 2.31 bits per heavy atom. The number of rotatable bonds is 7. The van der Waals surface area contributed by atoms with Crippen molar-refractivity contribution in [3.05, 3.63) is 0 Å². The lowest BCUT2D eigenvalue weighted by atomic mass is 10.1. The minimum atomic E-state index is -1.04. The van der Waals surface area contributed by atoms with Gasteiger partial charge in [0.05, 0.1) is 6.07 Å². The second kappa shape index (κ2) is 7.10. The van der Waals surface area contributed by atoms with Crippen LogP contribution in [0.2, 0.25) is 0 Å². The number of carbonyl (C=O) groups is 2. The summed E-state index contributed by atoms with van der Waals surface area (Å²) >= 11 is 0. The van der Waals surface area contributed by atoms with Crippen LogP contribution < -0.4 is 5.32 Å². The van der Waals surface area contributed by atoms with E-state index in [1.807, 2.05) is 6.07 Å². The number of nitrogens with one attached hydrogen (secondary N) is 1. The average molecular weight is 184 g/mol. The van der Waals surface area contributed by atoms with E-state index in [1.54, 1.807) is 0 Å². The van der Waals surface area contributed by atoms with E-state index in [-0.39, 0.29) is 0 Å². The molecule has 1 amide bonds. The second-order valence-corrected chi connectivity index (χ2v) is 2.58. The van der Waals surface area contributed by atoms with Gasteiger partial charge in [0, 0.05) is 6.42 Å². The summed E-state index contributed by atoms with van der Waals surface area (Å²) in [5.74, 6) is -1.04. The molecule has 5 heteroatoms.